The summed E-state index contributed by atoms with van der Waals surface area (Å²) >= 11 is 5.61. The van der Waals surface area contributed by atoms with Crippen LogP contribution in [0.15, 0.2) is 29.2 Å². The van der Waals surface area contributed by atoms with Gasteiger partial charge in [0, 0.05) is 30.6 Å². The molecule has 0 aliphatic heterocycles. The summed E-state index contributed by atoms with van der Waals surface area (Å²) in [6, 6.07) is 2.99. The highest BCUT2D eigenvalue weighted by molar-refractivity contribution is 6.32. The van der Waals surface area contributed by atoms with E-state index in [9.17, 15) is 22.8 Å². The summed E-state index contributed by atoms with van der Waals surface area (Å²) in [6.45, 7) is 0.0682. The third kappa shape index (κ3) is 3.23. The summed E-state index contributed by atoms with van der Waals surface area (Å²) in [5, 5.41) is -0.497. The zero-order chi connectivity index (χ0) is 16.5. The van der Waals surface area contributed by atoms with Gasteiger partial charge in [0.1, 0.15) is 0 Å². The number of alkyl halides is 3. The normalized spacial score (nSPS) is 11.7. The summed E-state index contributed by atoms with van der Waals surface area (Å²) in [4.78, 5) is 22.9. The van der Waals surface area contributed by atoms with Crippen molar-refractivity contribution in [2.75, 3.05) is 0 Å². The van der Waals surface area contributed by atoms with Crippen molar-refractivity contribution in [2.45, 2.75) is 19.1 Å². The van der Waals surface area contributed by atoms with Gasteiger partial charge in [-0.1, -0.05) is 11.6 Å². The lowest BCUT2D eigenvalue weighted by Gasteiger charge is -2.14. The number of hydrogen-bond donors (Lipinski definition) is 2. The Hall–Kier alpha value is -2.06. The highest BCUT2D eigenvalue weighted by Gasteiger charge is 2.33. The first-order chi connectivity index (χ1) is 10.2. The lowest BCUT2D eigenvalue weighted by atomic mass is 10.1. The molecule has 0 saturated carbocycles. The van der Waals surface area contributed by atoms with E-state index in [4.69, 9.17) is 17.4 Å². The number of pyridine rings is 1. The van der Waals surface area contributed by atoms with E-state index in [1.54, 1.807) is 0 Å². The second-order valence-electron chi connectivity index (χ2n) is 4.54. The number of benzene rings is 1. The second kappa shape index (κ2) is 5.98. The molecule has 0 unspecified atom stereocenters. The van der Waals surface area contributed by atoms with Crippen LogP contribution in [-0.4, -0.2) is 10.5 Å². The molecule has 0 saturated heterocycles. The molecule has 0 radical (unpaired) electrons. The topological polar surface area (TPSA) is 77.1 Å². The van der Waals surface area contributed by atoms with Crippen LogP contribution in [0.5, 0.6) is 0 Å². The Morgan fingerprint density at radius 2 is 2.05 bits per heavy atom. The summed E-state index contributed by atoms with van der Waals surface area (Å²) in [7, 11) is 0. The Kier molecular flexibility index (Phi) is 4.43. The van der Waals surface area contributed by atoms with Crippen molar-refractivity contribution < 1.29 is 18.0 Å². The van der Waals surface area contributed by atoms with Crippen LogP contribution in [0, 0.1) is 0 Å². The average molecular weight is 334 g/mol. The summed E-state index contributed by atoms with van der Waals surface area (Å²) in [5.74, 6) is 4.47. The van der Waals surface area contributed by atoms with Gasteiger partial charge in [0.25, 0.3) is 0 Å². The monoisotopic (exact) mass is 333 g/mol. The van der Waals surface area contributed by atoms with Gasteiger partial charge in [0.2, 0.25) is 5.91 Å². The maximum absolute atomic E-state index is 12.9. The van der Waals surface area contributed by atoms with Crippen molar-refractivity contribution in [1.29, 1.82) is 0 Å². The molecule has 1 heterocycles. The molecule has 118 valence electrons. The minimum atomic E-state index is -4.64. The van der Waals surface area contributed by atoms with Gasteiger partial charge in [-0.15, -0.1) is 0 Å². The number of hydrazine groups is 1. The van der Waals surface area contributed by atoms with E-state index in [1.807, 2.05) is 5.43 Å². The third-order valence-electron chi connectivity index (χ3n) is 3.11. The summed E-state index contributed by atoms with van der Waals surface area (Å²) < 4.78 is 40.1. The van der Waals surface area contributed by atoms with Gasteiger partial charge in [-0.2, -0.15) is 13.2 Å². The van der Waals surface area contributed by atoms with Crippen LogP contribution < -0.4 is 16.7 Å². The Bertz CT molecular complexity index is 786. The maximum Gasteiger partial charge on any atom is 0.417 e. The highest BCUT2D eigenvalue weighted by atomic mass is 35.5. The number of aromatic nitrogens is 1. The predicted molar refractivity (Wildman–Crippen MR) is 75.2 cm³/mol. The largest absolute Gasteiger partial charge is 0.417 e. The smallest absolute Gasteiger partial charge is 0.347 e. The standard InChI is InChI=1S/C13H11ClF3N3O2/c14-9-5-7-10(6-8(9)13(15,16)17)20(3-1-11(7)21)4-2-12(22)19-18/h1,3,5-6H,2,4,18H2,(H,19,22). The van der Waals surface area contributed by atoms with E-state index < -0.39 is 28.1 Å². The lowest BCUT2D eigenvalue weighted by Crippen LogP contribution is -2.30. The molecular formula is C13H11ClF3N3O2. The fraction of sp³-hybridized carbons (Fsp3) is 0.231. The Balaban J connectivity index is 2.61. The van der Waals surface area contributed by atoms with Gasteiger partial charge in [0.05, 0.1) is 16.1 Å². The number of rotatable bonds is 3. The number of nitrogens with two attached hydrogens (primary N) is 1. The second-order valence-corrected chi connectivity index (χ2v) is 4.95. The van der Waals surface area contributed by atoms with E-state index in [-0.39, 0.29) is 23.9 Å². The maximum atomic E-state index is 12.9. The number of nitrogens with zero attached hydrogens (tertiary/aromatic N) is 1. The number of carbonyl (C=O) groups is 1. The van der Waals surface area contributed by atoms with E-state index >= 15 is 0 Å². The predicted octanol–water partition coefficient (Wildman–Crippen LogP) is 2.05. The minimum Gasteiger partial charge on any atom is -0.347 e. The van der Waals surface area contributed by atoms with Crippen LogP contribution >= 0.6 is 11.6 Å². The number of halogens is 4. The number of hydrogen-bond acceptors (Lipinski definition) is 3. The van der Waals surface area contributed by atoms with Gasteiger partial charge in [-0.3, -0.25) is 15.0 Å². The van der Waals surface area contributed by atoms with Crippen molar-refractivity contribution in [3.8, 4) is 0 Å². The number of fused-ring (bicyclic) bond motifs is 1. The van der Waals surface area contributed by atoms with E-state index in [0.29, 0.717) is 0 Å². The summed E-state index contributed by atoms with van der Waals surface area (Å²) in [6.07, 6.45) is -3.36. The fourth-order valence-corrected chi connectivity index (χ4v) is 2.30. The van der Waals surface area contributed by atoms with Crippen molar-refractivity contribution in [3.05, 3.63) is 45.2 Å². The first-order valence-electron chi connectivity index (χ1n) is 6.13. The molecule has 9 heteroatoms. The Morgan fingerprint density at radius 3 is 2.64 bits per heavy atom. The molecule has 5 nitrogen and oxygen atoms in total. The van der Waals surface area contributed by atoms with Gasteiger partial charge < -0.3 is 4.57 Å². The van der Waals surface area contributed by atoms with Crippen LogP contribution in [-0.2, 0) is 17.5 Å². The highest BCUT2D eigenvalue weighted by Crippen LogP contribution is 2.36. The molecule has 0 aliphatic carbocycles. The molecule has 0 aliphatic rings. The molecular weight excluding hydrogens is 323 g/mol. The Labute approximate surface area is 127 Å². The number of nitrogens with one attached hydrogen (secondary N) is 1. The fourth-order valence-electron chi connectivity index (χ4n) is 2.03. The van der Waals surface area contributed by atoms with Gasteiger partial charge in [-0.05, 0) is 12.1 Å². The molecule has 0 atom stereocenters. The van der Waals surface area contributed by atoms with Crippen molar-refractivity contribution in [2.24, 2.45) is 5.84 Å². The van der Waals surface area contributed by atoms with Gasteiger partial charge >= 0.3 is 6.18 Å². The van der Waals surface area contributed by atoms with Crippen LogP contribution in [0.25, 0.3) is 10.9 Å². The van der Waals surface area contributed by atoms with Gasteiger partial charge in [0.15, 0.2) is 5.43 Å². The van der Waals surface area contributed by atoms with Crippen LogP contribution in [0.2, 0.25) is 5.02 Å². The number of amides is 1. The molecule has 2 rings (SSSR count). The number of aryl methyl sites for hydroxylation is 1. The molecule has 1 aromatic carbocycles. The molecule has 22 heavy (non-hydrogen) atoms. The van der Waals surface area contributed by atoms with Crippen molar-refractivity contribution >= 4 is 28.4 Å². The van der Waals surface area contributed by atoms with Crippen LogP contribution in [0.1, 0.15) is 12.0 Å². The third-order valence-corrected chi connectivity index (χ3v) is 3.42. The number of carbonyl (C=O) groups excluding carboxylic acids is 1. The Morgan fingerprint density at radius 1 is 1.36 bits per heavy atom. The lowest BCUT2D eigenvalue weighted by molar-refractivity contribution is -0.137. The van der Waals surface area contributed by atoms with Gasteiger partial charge in [-0.25, -0.2) is 5.84 Å². The molecule has 1 amide bonds. The molecule has 1 aromatic heterocycles. The molecule has 3 N–H and O–H groups in total. The van der Waals surface area contributed by atoms with Crippen LogP contribution in [0.4, 0.5) is 13.2 Å². The first kappa shape index (κ1) is 16.3. The molecule has 0 bridgehead atoms. The first-order valence-corrected chi connectivity index (χ1v) is 6.51. The molecule has 2 aromatic rings. The van der Waals surface area contributed by atoms with E-state index in [1.165, 1.54) is 16.8 Å². The average Bonchev–Trinajstić information content (AvgIpc) is 2.45. The molecule has 0 fully saturated rings. The van der Waals surface area contributed by atoms with Crippen molar-refractivity contribution in [3.63, 3.8) is 0 Å². The zero-order valence-corrected chi connectivity index (χ0v) is 11.8. The quantitative estimate of drug-likeness (QED) is 0.513. The zero-order valence-electron chi connectivity index (χ0n) is 11.1. The van der Waals surface area contributed by atoms with E-state index in [2.05, 4.69) is 0 Å². The van der Waals surface area contributed by atoms with Crippen LogP contribution in [0.3, 0.4) is 0 Å². The van der Waals surface area contributed by atoms with E-state index in [0.717, 1.165) is 12.1 Å². The minimum absolute atomic E-state index is 0.0432. The SMILES string of the molecule is NNC(=O)CCn1ccc(=O)c2cc(Cl)c(C(F)(F)F)cc21. The molecule has 0 spiro atoms. The summed E-state index contributed by atoms with van der Waals surface area (Å²) in [5.41, 5.74) is 0.483. The van der Waals surface area contributed by atoms with Crippen molar-refractivity contribution in [1.82, 2.24) is 9.99 Å².